The summed E-state index contributed by atoms with van der Waals surface area (Å²) >= 11 is 1.49. The van der Waals surface area contributed by atoms with Crippen molar-refractivity contribution in [1.82, 2.24) is 15.2 Å². The second-order valence-corrected chi connectivity index (χ2v) is 6.41. The molecule has 0 saturated carbocycles. The Morgan fingerprint density at radius 3 is 3.10 bits per heavy atom. The Bertz CT molecular complexity index is 467. The second kappa shape index (κ2) is 7.31. The van der Waals surface area contributed by atoms with Crippen molar-refractivity contribution in [3.8, 4) is 0 Å². The Morgan fingerprint density at radius 1 is 1.48 bits per heavy atom. The normalized spacial score (nSPS) is 23.9. The molecule has 2 N–H and O–H groups in total. The number of piperidine rings is 1. The molecule has 0 spiro atoms. The van der Waals surface area contributed by atoms with Crippen LogP contribution in [-0.4, -0.2) is 54.7 Å². The molecule has 0 bridgehead atoms. The van der Waals surface area contributed by atoms with Crippen LogP contribution in [0.25, 0.3) is 0 Å². The van der Waals surface area contributed by atoms with Gasteiger partial charge in [-0.3, -0.25) is 9.69 Å². The quantitative estimate of drug-likeness (QED) is 0.870. The fourth-order valence-electron chi connectivity index (χ4n) is 2.71. The van der Waals surface area contributed by atoms with Gasteiger partial charge < -0.3 is 15.4 Å². The van der Waals surface area contributed by atoms with Gasteiger partial charge in [0.25, 0.3) is 0 Å². The van der Waals surface area contributed by atoms with Gasteiger partial charge in [0.1, 0.15) is 6.04 Å². The first-order valence-corrected chi connectivity index (χ1v) is 8.48. The molecule has 2 saturated heterocycles. The summed E-state index contributed by atoms with van der Waals surface area (Å²) in [6, 6.07) is -0.270. The molecule has 3 heterocycles. The fourth-order valence-corrected chi connectivity index (χ4v) is 3.41. The third-order valence-corrected chi connectivity index (χ3v) is 4.66. The maximum atomic E-state index is 12.1. The molecule has 2 fully saturated rings. The van der Waals surface area contributed by atoms with Crippen LogP contribution < -0.4 is 10.6 Å². The number of rotatable bonds is 4. The number of nitrogens with one attached hydrogen (secondary N) is 2. The minimum atomic E-state index is -0.270. The van der Waals surface area contributed by atoms with Crippen molar-refractivity contribution < 1.29 is 9.53 Å². The Kier molecular flexibility index (Phi) is 5.18. The lowest BCUT2D eigenvalue weighted by molar-refractivity contribution is -0.120. The largest absolute Gasteiger partial charge is 0.378 e. The van der Waals surface area contributed by atoms with Crippen molar-refractivity contribution in [1.29, 1.82) is 0 Å². The number of nitrogens with zero attached hydrogens (tertiary/aromatic N) is 2. The van der Waals surface area contributed by atoms with Crippen molar-refractivity contribution in [2.45, 2.75) is 31.8 Å². The first kappa shape index (κ1) is 14.9. The third kappa shape index (κ3) is 4.23. The summed E-state index contributed by atoms with van der Waals surface area (Å²) in [5.41, 5.74) is 1.05. The van der Waals surface area contributed by atoms with E-state index in [9.17, 15) is 4.79 Å². The molecule has 3 rings (SSSR count). The lowest BCUT2D eigenvalue weighted by Gasteiger charge is -2.25. The number of ether oxygens (including phenoxy) is 1. The number of amides is 1. The zero-order valence-corrected chi connectivity index (χ0v) is 13.0. The molecule has 1 unspecified atom stereocenters. The van der Waals surface area contributed by atoms with Crippen molar-refractivity contribution in [3.63, 3.8) is 0 Å². The van der Waals surface area contributed by atoms with E-state index in [-0.39, 0.29) is 11.9 Å². The number of aromatic nitrogens is 1. The van der Waals surface area contributed by atoms with Gasteiger partial charge in [-0.05, 0) is 25.9 Å². The molecule has 2 aliphatic rings. The van der Waals surface area contributed by atoms with Crippen LogP contribution in [0.4, 0.5) is 5.13 Å². The Hall–Kier alpha value is -1.02. The van der Waals surface area contributed by atoms with E-state index in [0.29, 0.717) is 18.3 Å². The van der Waals surface area contributed by atoms with Gasteiger partial charge in [0.15, 0.2) is 5.13 Å². The summed E-state index contributed by atoms with van der Waals surface area (Å²) in [7, 11) is 0. The highest BCUT2D eigenvalue weighted by Gasteiger charge is 2.22. The highest BCUT2D eigenvalue weighted by atomic mass is 32.1. The SMILES string of the molecule is O=C(Nc1nc(CN2CCCCC2)cs1)C1COCCN1. The minimum absolute atomic E-state index is 0.0615. The minimum Gasteiger partial charge on any atom is -0.378 e. The number of morpholine rings is 1. The average Bonchev–Trinajstić information content (AvgIpc) is 2.96. The molecule has 0 aromatic carbocycles. The lowest BCUT2D eigenvalue weighted by Crippen LogP contribution is -2.48. The van der Waals surface area contributed by atoms with Crippen LogP contribution in [0, 0.1) is 0 Å². The fraction of sp³-hybridized carbons (Fsp3) is 0.714. The van der Waals surface area contributed by atoms with Crippen molar-refractivity contribution in [2.24, 2.45) is 0 Å². The smallest absolute Gasteiger partial charge is 0.245 e. The number of carbonyl (C=O) groups excluding carboxylic acids is 1. The number of hydrogen-bond acceptors (Lipinski definition) is 6. The molecule has 1 aromatic heterocycles. The average molecular weight is 310 g/mol. The van der Waals surface area contributed by atoms with E-state index in [2.05, 4.69) is 20.5 Å². The molecule has 21 heavy (non-hydrogen) atoms. The van der Waals surface area contributed by atoms with E-state index in [4.69, 9.17) is 4.74 Å². The highest BCUT2D eigenvalue weighted by Crippen LogP contribution is 2.19. The van der Waals surface area contributed by atoms with Crippen molar-refractivity contribution in [3.05, 3.63) is 11.1 Å². The van der Waals surface area contributed by atoms with E-state index in [1.807, 2.05) is 5.38 Å². The molecule has 2 aliphatic heterocycles. The van der Waals surface area contributed by atoms with E-state index in [1.165, 1.54) is 30.6 Å². The molecule has 1 atom stereocenters. The van der Waals surface area contributed by atoms with Crippen molar-refractivity contribution in [2.75, 3.05) is 38.2 Å². The van der Waals surface area contributed by atoms with E-state index in [0.717, 1.165) is 31.9 Å². The summed E-state index contributed by atoms with van der Waals surface area (Å²) < 4.78 is 5.30. The summed E-state index contributed by atoms with van der Waals surface area (Å²) in [4.78, 5) is 19.0. The van der Waals surface area contributed by atoms with Gasteiger partial charge >= 0.3 is 0 Å². The number of likely N-dealkylation sites (tertiary alicyclic amines) is 1. The molecular weight excluding hydrogens is 288 g/mol. The van der Waals surface area contributed by atoms with E-state index < -0.39 is 0 Å². The van der Waals surface area contributed by atoms with Gasteiger partial charge in [0.05, 0.1) is 18.9 Å². The first-order chi connectivity index (χ1) is 10.3. The summed E-state index contributed by atoms with van der Waals surface area (Å²) in [5.74, 6) is -0.0615. The molecule has 6 nitrogen and oxygen atoms in total. The maximum absolute atomic E-state index is 12.1. The second-order valence-electron chi connectivity index (χ2n) is 5.55. The predicted octanol–water partition coefficient (Wildman–Crippen LogP) is 1.06. The van der Waals surface area contributed by atoms with Crippen LogP contribution in [0.2, 0.25) is 0 Å². The van der Waals surface area contributed by atoms with Crippen molar-refractivity contribution >= 4 is 22.4 Å². The molecule has 1 aromatic rings. The van der Waals surface area contributed by atoms with Crippen LogP contribution in [0.5, 0.6) is 0 Å². The van der Waals surface area contributed by atoms with Gasteiger partial charge in [0.2, 0.25) is 5.91 Å². The Balaban J connectivity index is 1.50. The zero-order chi connectivity index (χ0) is 14.5. The third-order valence-electron chi connectivity index (χ3n) is 3.85. The first-order valence-electron chi connectivity index (χ1n) is 7.60. The molecule has 1 amide bonds. The van der Waals surface area contributed by atoms with Gasteiger partial charge in [-0.25, -0.2) is 4.98 Å². The van der Waals surface area contributed by atoms with Gasteiger partial charge in [-0.15, -0.1) is 11.3 Å². The van der Waals surface area contributed by atoms with Crippen LogP contribution >= 0.6 is 11.3 Å². The molecule has 116 valence electrons. The molecule has 7 heteroatoms. The molecule has 0 aliphatic carbocycles. The molecular formula is C14H22N4O2S. The Morgan fingerprint density at radius 2 is 2.33 bits per heavy atom. The van der Waals surface area contributed by atoms with Crippen LogP contribution in [-0.2, 0) is 16.1 Å². The highest BCUT2D eigenvalue weighted by molar-refractivity contribution is 7.13. The zero-order valence-electron chi connectivity index (χ0n) is 12.1. The summed E-state index contributed by atoms with van der Waals surface area (Å²) in [5, 5.41) is 8.74. The monoisotopic (exact) mass is 310 g/mol. The number of thiazole rings is 1. The number of anilines is 1. The standard InChI is InChI=1S/C14H22N4O2S/c19-13(12-9-20-7-4-15-12)17-14-16-11(10-21-14)8-18-5-2-1-3-6-18/h10,12,15H,1-9H2,(H,16,17,19). The summed E-state index contributed by atoms with van der Waals surface area (Å²) in [6.07, 6.45) is 3.90. The van der Waals surface area contributed by atoms with E-state index >= 15 is 0 Å². The van der Waals surface area contributed by atoms with Crippen LogP contribution in [0.1, 0.15) is 25.0 Å². The topological polar surface area (TPSA) is 66.5 Å². The maximum Gasteiger partial charge on any atom is 0.245 e. The Labute approximate surface area is 128 Å². The van der Waals surface area contributed by atoms with Gasteiger partial charge in [0, 0.05) is 18.5 Å². The van der Waals surface area contributed by atoms with Crippen LogP contribution in [0.3, 0.4) is 0 Å². The number of carbonyl (C=O) groups is 1. The van der Waals surface area contributed by atoms with E-state index in [1.54, 1.807) is 0 Å². The van der Waals surface area contributed by atoms with Crippen LogP contribution in [0.15, 0.2) is 5.38 Å². The van der Waals surface area contributed by atoms with Gasteiger partial charge in [-0.2, -0.15) is 0 Å². The summed E-state index contributed by atoms with van der Waals surface area (Å²) in [6.45, 7) is 5.01. The predicted molar refractivity (Wildman–Crippen MR) is 82.5 cm³/mol. The number of hydrogen-bond donors (Lipinski definition) is 2. The van der Waals surface area contributed by atoms with Gasteiger partial charge in [-0.1, -0.05) is 6.42 Å². The lowest BCUT2D eigenvalue weighted by atomic mass is 10.1. The molecule has 0 radical (unpaired) electrons.